The van der Waals surface area contributed by atoms with Crippen LogP contribution >= 0.6 is 0 Å². The summed E-state index contributed by atoms with van der Waals surface area (Å²) in [6.07, 6.45) is 2.20. The molecule has 0 bridgehead atoms. The number of benzene rings is 1. The van der Waals surface area contributed by atoms with Gasteiger partial charge >= 0.3 is 0 Å². The summed E-state index contributed by atoms with van der Waals surface area (Å²) in [5, 5.41) is 3.48. The monoisotopic (exact) mass is 297 g/mol. The summed E-state index contributed by atoms with van der Waals surface area (Å²) >= 11 is 0. The van der Waals surface area contributed by atoms with E-state index in [-0.39, 0.29) is 17.6 Å². The van der Waals surface area contributed by atoms with Crippen LogP contribution < -0.4 is 5.32 Å². The standard InChI is InChI=1S/C17H25F2NO/c1-5-17(4)15(10-16(17)21-6-2)20-11(3)13-8-7-12(18)9-14(13)19/h7-9,11,15-16,20H,5-6,10H2,1-4H3. The molecule has 0 amide bonds. The molecule has 0 aliphatic heterocycles. The second-order valence-corrected chi connectivity index (χ2v) is 6.15. The number of nitrogens with one attached hydrogen (secondary N) is 1. The fraction of sp³-hybridized carbons (Fsp3) is 0.647. The SMILES string of the molecule is CCOC1CC(NC(C)c2ccc(F)cc2F)C1(C)CC. The van der Waals surface area contributed by atoms with Crippen molar-refractivity contribution in [2.45, 2.75) is 58.7 Å². The van der Waals surface area contributed by atoms with Gasteiger partial charge < -0.3 is 10.1 Å². The molecule has 4 unspecified atom stereocenters. The molecule has 1 fully saturated rings. The molecule has 0 radical (unpaired) electrons. The lowest BCUT2D eigenvalue weighted by Crippen LogP contribution is -2.62. The fourth-order valence-electron chi connectivity index (χ4n) is 3.25. The molecule has 4 heteroatoms. The predicted octanol–water partition coefficient (Wildman–Crippen LogP) is 4.21. The van der Waals surface area contributed by atoms with Crippen LogP contribution in [-0.2, 0) is 4.74 Å². The number of rotatable bonds is 6. The zero-order chi connectivity index (χ0) is 15.6. The van der Waals surface area contributed by atoms with Crippen LogP contribution in [0, 0.1) is 17.0 Å². The highest BCUT2D eigenvalue weighted by molar-refractivity contribution is 5.22. The molecule has 2 rings (SSSR count). The number of hydrogen-bond acceptors (Lipinski definition) is 2. The first kappa shape index (κ1) is 16.4. The van der Waals surface area contributed by atoms with E-state index >= 15 is 0 Å². The minimum absolute atomic E-state index is 0.0702. The van der Waals surface area contributed by atoms with Crippen molar-refractivity contribution in [3.8, 4) is 0 Å². The maximum absolute atomic E-state index is 13.8. The largest absolute Gasteiger partial charge is 0.378 e. The van der Waals surface area contributed by atoms with Crippen molar-refractivity contribution in [1.29, 1.82) is 0 Å². The maximum atomic E-state index is 13.8. The minimum Gasteiger partial charge on any atom is -0.378 e. The second kappa shape index (κ2) is 6.41. The zero-order valence-corrected chi connectivity index (χ0v) is 13.2. The van der Waals surface area contributed by atoms with Gasteiger partial charge in [0, 0.05) is 35.7 Å². The van der Waals surface area contributed by atoms with Gasteiger partial charge in [0.2, 0.25) is 0 Å². The summed E-state index contributed by atoms with van der Waals surface area (Å²) in [5.74, 6) is -1.03. The van der Waals surface area contributed by atoms with Crippen LogP contribution in [0.1, 0.15) is 52.1 Å². The van der Waals surface area contributed by atoms with E-state index in [9.17, 15) is 8.78 Å². The van der Waals surface area contributed by atoms with Crippen LogP contribution in [0.3, 0.4) is 0 Å². The van der Waals surface area contributed by atoms with Crippen LogP contribution in [0.5, 0.6) is 0 Å². The summed E-state index contributed by atoms with van der Waals surface area (Å²) in [6, 6.07) is 3.91. The molecule has 1 saturated carbocycles. The number of ether oxygens (including phenoxy) is 1. The lowest BCUT2D eigenvalue weighted by Gasteiger charge is -2.54. The van der Waals surface area contributed by atoms with Crippen molar-refractivity contribution in [3.05, 3.63) is 35.4 Å². The van der Waals surface area contributed by atoms with Gasteiger partial charge in [-0.1, -0.05) is 19.9 Å². The van der Waals surface area contributed by atoms with Crippen LogP contribution in [0.25, 0.3) is 0 Å². The van der Waals surface area contributed by atoms with Crippen LogP contribution in [0.15, 0.2) is 18.2 Å². The first-order chi connectivity index (χ1) is 9.92. The highest BCUT2D eigenvalue weighted by Gasteiger charge is 2.51. The van der Waals surface area contributed by atoms with E-state index in [1.165, 1.54) is 12.1 Å². The van der Waals surface area contributed by atoms with E-state index in [2.05, 4.69) is 19.2 Å². The molecule has 0 saturated heterocycles. The quantitative estimate of drug-likeness (QED) is 0.849. The Labute approximate surface area is 125 Å². The van der Waals surface area contributed by atoms with E-state index in [0.717, 1.165) is 25.5 Å². The summed E-state index contributed by atoms with van der Waals surface area (Å²) in [4.78, 5) is 0. The summed E-state index contributed by atoms with van der Waals surface area (Å²) in [6.45, 7) is 9.01. The molecule has 1 N–H and O–H groups in total. The van der Waals surface area contributed by atoms with Crippen molar-refractivity contribution in [3.63, 3.8) is 0 Å². The molecule has 1 aliphatic carbocycles. The second-order valence-electron chi connectivity index (χ2n) is 6.15. The molecule has 0 aromatic heterocycles. The van der Waals surface area contributed by atoms with Crippen molar-refractivity contribution in [2.75, 3.05) is 6.61 Å². The Morgan fingerprint density at radius 2 is 2.10 bits per heavy atom. The number of hydrogen-bond donors (Lipinski definition) is 1. The normalized spacial score (nSPS) is 30.0. The van der Waals surface area contributed by atoms with E-state index in [4.69, 9.17) is 4.74 Å². The Bertz CT molecular complexity index is 494. The van der Waals surface area contributed by atoms with E-state index < -0.39 is 11.6 Å². The van der Waals surface area contributed by atoms with E-state index in [1.807, 2.05) is 13.8 Å². The third kappa shape index (κ3) is 3.11. The molecule has 21 heavy (non-hydrogen) atoms. The molecule has 1 aliphatic rings. The topological polar surface area (TPSA) is 21.3 Å². The average Bonchev–Trinajstić information content (AvgIpc) is 2.45. The van der Waals surface area contributed by atoms with Gasteiger partial charge in [-0.2, -0.15) is 0 Å². The van der Waals surface area contributed by atoms with E-state index in [0.29, 0.717) is 11.6 Å². The lowest BCUT2D eigenvalue weighted by molar-refractivity contribution is -0.127. The lowest BCUT2D eigenvalue weighted by atomic mass is 9.61. The Morgan fingerprint density at radius 3 is 2.67 bits per heavy atom. The Morgan fingerprint density at radius 1 is 1.38 bits per heavy atom. The van der Waals surface area contributed by atoms with Gasteiger partial charge in [0.15, 0.2) is 0 Å². The molecule has 118 valence electrons. The van der Waals surface area contributed by atoms with Crippen molar-refractivity contribution >= 4 is 0 Å². The molecule has 2 nitrogen and oxygen atoms in total. The Hall–Kier alpha value is -1.00. The summed E-state index contributed by atoms with van der Waals surface area (Å²) < 4.78 is 32.6. The van der Waals surface area contributed by atoms with Crippen molar-refractivity contribution in [2.24, 2.45) is 5.41 Å². The molecular formula is C17H25F2NO. The summed E-state index contributed by atoms with van der Waals surface area (Å²) in [5.41, 5.74) is 0.579. The molecule has 1 aromatic carbocycles. The highest BCUT2D eigenvalue weighted by atomic mass is 19.1. The minimum atomic E-state index is -0.540. The van der Waals surface area contributed by atoms with Gasteiger partial charge in [0.05, 0.1) is 6.10 Å². The maximum Gasteiger partial charge on any atom is 0.130 e. The van der Waals surface area contributed by atoms with E-state index in [1.54, 1.807) is 0 Å². The van der Waals surface area contributed by atoms with Crippen LogP contribution in [0.2, 0.25) is 0 Å². The van der Waals surface area contributed by atoms with Gasteiger partial charge in [0.1, 0.15) is 11.6 Å². The first-order valence-corrected chi connectivity index (χ1v) is 7.75. The van der Waals surface area contributed by atoms with Gasteiger partial charge in [0.25, 0.3) is 0 Å². The first-order valence-electron chi connectivity index (χ1n) is 7.75. The van der Waals surface area contributed by atoms with Gasteiger partial charge in [-0.25, -0.2) is 8.78 Å². The fourth-order valence-corrected chi connectivity index (χ4v) is 3.25. The molecular weight excluding hydrogens is 272 g/mol. The number of halogens is 2. The third-order valence-corrected chi connectivity index (χ3v) is 4.99. The predicted molar refractivity (Wildman–Crippen MR) is 80.1 cm³/mol. The van der Waals surface area contributed by atoms with Crippen molar-refractivity contribution < 1.29 is 13.5 Å². The average molecular weight is 297 g/mol. The Balaban J connectivity index is 2.05. The third-order valence-electron chi connectivity index (χ3n) is 4.99. The van der Waals surface area contributed by atoms with Crippen LogP contribution in [0.4, 0.5) is 8.78 Å². The highest BCUT2D eigenvalue weighted by Crippen LogP contribution is 2.46. The molecule has 0 heterocycles. The van der Waals surface area contributed by atoms with Crippen LogP contribution in [-0.4, -0.2) is 18.8 Å². The molecule has 0 spiro atoms. The summed E-state index contributed by atoms with van der Waals surface area (Å²) in [7, 11) is 0. The zero-order valence-electron chi connectivity index (χ0n) is 13.2. The Kier molecular flexibility index (Phi) is 4.99. The molecule has 1 aromatic rings. The van der Waals surface area contributed by atoms with Gasteiger partial charge in [-0.15, -0.1) is 0 Å². The molecule has 4 atom stereocenters. The van der Waals surface area contributed by atoms with Gasteiger partial charge in [-0.05, 0) is 32.8 Å². The van der Waals surface area contributed by atoms with Gasteiger partial charge in [-0.3, -0.25) is 0 Å². The smallest absolute Gasteiger partial charge is 0.130 e. The van der Waals surface area contributed by atoms with Crippen molar-refractivity contribution in [1.82, 2.24) is 5.32 Å².